The number of nitrogens with one attached hydrogen (secondary N) is 1. The van der Waals surface area contributed by atoms with Crippen LogP contribution in [0.5, 0.6) is 0 Å². The van der Waals surface area contributed by atoms with Gasteiger partial charge in [0.1, 0.15) is 5.69 Å². The van der Waals surface area contributed by atoms with Gasteiger partial charge in [-0.25, -0.2) is 15.2 Å². The van der Waals surface area contributed by atoms with Crippen LogP contribution in [0, 0.1) is 0 Å². The molecule has 3 rings (SSSR count). The van der Waals surface area contributed by atoms with Crippen LogP contribution in [0.15, 0.2) is 22.6 Å². The molecule has 1 saturated heterocycles. The number of carbonyl (C=O) groups is 1. The number of nitrogens with zero attached hydrogens (tertiary/aromatic N) is 3. The van der Waals surface area contributed by atoms with Gasteiger partial charge in [-0.15, -0.1) is 11.3 Å². The Morgan fingerprint density at radius 1 is 1.43 bits per heavy atom. The number of piperidine rings is 1. The van der Waals surface area contributed by atoms with Gasteiger partial charge in [0.25, 0.3) is 0 Å². The number of hydrogen-bond acceptors (Lipinski definition) is 7. The lowest BCUT2D eigenvalue weighted by molar-refractivity contribution is 0.171. The first kappa shape index (κ1) is 15.9. The minimum Gasteiger partial charge on any atom is -0.452 e. The van der Waals surface area contributed by atoms with Gasteiger partial charge >= 0.3 is 6.09 Å². The number of aromatic nitrogens is 1. The summed E-state index contributed by atoms with van der Waals surface area (Å²) in [5.74, 6) is 0. The van der Waals surface area contributed by atoms with E-state index in [0.717, 1.165) is 33.7 Å². The maximum Gasteiger partial charge on any atom is 0.427 e. The normalized spacial score (nSPS) is 15.1. The molecule has 0 aromatic carbocycles. The second-order valence-electron chi connectivity index (χ2n) is 5.10. The number of ether oxygens (including phenoxy) is 1. The van der Waals surface area contributed by atoms with Crippen LogP contribution in [-0.4, -0.2) is 37.5 Å². The van der Waals surface area contributed by atoms with E-state index < -0.39 is 6.09 Å². The summed E-state index contributed by atoms with van der Waals surface area (Å²) in [5, 5.41) is 7.00. The lowest BCUT2D eigenvalue weighted by Crippen LogP contribution is -2.29. The van der Waals surface area contributed by atoms with Gasteiger partial charge in [0, 0.05) is 13.1 Å². The average molecular weight is 350 g/mol. The second kappa shape index (κ2) is 7.56. The molecule has 0 bridgehead atoms. The van der Waals surface area contributed by atoms with Crippen molar-refractivity contribution in [1.29, 1.82) is 0 Å². The minimum atomic E-state index is -0.584. The molecule has 1 N–H and O–H groups in total. The van der Waals surface area contributed by atoms with E-state index in [-0.39, 0.29) is 0 Å². The fraction of sp³-hybridized carbons (Fsp3) is 0.400. The van der Waals surface area contributed by atoms with Crippen molar-refractivity contribution in [1.82, 2.24) is 10.4 Å². The molecule has 0 unspecified atom stereocenters. The van der Waals surface area contributed by atoms with Crippen molar-refractivity contribution in [3.8, 4) is 10.6 Å². The van der Waals surface area contributed by atoms with Crippen molar-refractivity contribution in [2.75, 3.05) is 25.1 Å². The molecule has 2 aromatic heterocycles. The molecule has 2 aromatic rings. The molecule has 122 valence electrons. The number of carbonyl (C=O) groups excluding carboxylic acids is 1. The zero-order valence-corrected chi connectivity index (χ0v) is 14.5. The Morgan fingerprint density at radius 3 is 2.96 bits per heavy atom. The average Bonchev–Trinajstić information content (AvgIpc) is 3.25. The topological polar surface area (TPSA) is 66.8 Å². The van der Waals surface area contributed by atoms with Crippen LogP contribution in [0.3, 0.4) is 0 Å². The number of rotatable bonds is 4. The third-order valence-electron chi connectivity index (χ3n) is 3.55. The van der Waals surface area contributed by atoms with Gasteiger partial charge in [-0.2, -0.15) is 5.10 Å². The van der Waals surface area contributed by atoms with Gasteiger partial charge in [0.15, 0.2) is 5.13 Å². The van der Waals surface area contributed by atoms with E-state index in [1.54, 1.807) is 28.9 Å². The highest BCUT2D eigenvalue weighted by Gasteiger charge is 2.19. The van der Waals surface area contributed by atoms with Crippen molar-refractivity contribution in [2.24, 2.45) is 5.10 Å². The van der Waals surface area contributed by atoms with Crippen LogP contribution < -0.4 is 10.3 Å². The number of methoxy groups -OCH3 is 1. The molecule has 1 aliphatic rings. The molecule has 1 aliphatic heterocycles. The molecule has 0 aliphatic carbocycles. The van der Waals surface area contributed by atoms with Crippen LogP contribution >= 0.6 is 22.7 Å². The largest absolute Gasteiger partial charge is 0.452 e. The van der Waals surface area contributed by atoms with Crippen LogP contribution in [-0.2, 0) is 4.74 Å². The predicted octanol–water partition coefficient (Wildman–Crippen LogP) is 3.55. The summed E-state index contributed by atoms with van der Waals surface area (Å²) in [7, 11) is 1.31. The minimum absolute atomic E-state index is 0.584. The number of hydrazone groups is 1. The number of amides is 1. The molecule has 23 heavy (non-hydrogen) atoms. The van der Waals surface area contributed by atoms with E-state index in [4.69, 9.17) is 4.98 Å². The summed E-state index contributed by atoms with van der Waals surface area (Å²) in [5.41, 5.74) is 3.24. The van der Waals surface area contributed by atoms with Gasteiger partial charge in [-0.1, -0.05) is 17.4 Å². The third kappa shape index (κ3) is 3.89. The number of thiophene rings is 1. The first-order chi connectivity index (χ1) is 11.3. The second-order valence-corrected chi connectivity index (χ2v) is 7.05. The van der Waals surface area contributed by atoms with E-state index in [0.29, 0.717) is 0 Å². The number of anilines is 1. The highest BCUT2D eigenvalue weighted by atomic mass is 32.1. The van der Waals surface area contributed by atoms with Gasteiger partial charge in [-0.3, -0.25) is 0 Å². The molecule has 1 fully saturated rings. The maximum atomic E-state index is 11.1. The molecular formula is C15H18N4O2S2. The third-order valence-corrected chi connectivity index (χ3v) is 5.47. The lowest BCUT2D eigenvalue weighted by Gasteiger charge is -2.25. The SMILES string of the molecule is COC(=O)N/N=C/c1sc(N2CCCCC2)nc1-c1cccs1. The molecule has 1 amide bonds. The highest BCUT2D eigenvalue weighted by molar-refractivity contribution is 7.18. The first-order valence-corrected chi connectivity index (χ1v) is 9.14. The number of hydrogen-bond donors (Lipinski definition) is 1. The maximum absolute atomic E-state index is 11.1. The zero-order chi connectivity index (χ0) is 16.1. The van der Waals surface area contributed by atoms with Crippen LogP contribution in [0.2, 0.25) is 0 Å². The van der Waals surface area contributed by atoms with Crippen LogP contribution in [0.25, 0.3) is 10.6 Å². The van der Waals surface area contributed by atoms with E-state index in [1.807, 2.05) is 17.5 Å². The summed E-state index contributed by atoms with van der Waals surface area (Å²) >= 11 is 3.25. The highest BCUT2D eigenvalue weighted by Crippen LogP contribution is 2.35. The van der Waals surface area contributed by atoms with E-state index >= 15 is 0 Å². The first-order valence-electron chi connectivity index (χ1n) is 7.44. The fourth-order valence-electron chi connectivity index (χ4n) is 2.41. The van der Waals surface area contributed by atoms with Gasteiger partial charge in [-0.05, 0) is 30.7 Å². The monoisotopic (exact) mass is 350 g/mol. The van der Waals surface area contributed by atoms with E-state index in [1.165, 1.54) is 26.4 Å². The molecule has 0 atom stereocenters. The van der Waals surface area contributed by atoms with Crippen LogP contribution in [0.4, 0.5) is 9.93 Å². The molecule has 0 saturated carbocycles. The zero-order valence-electron chi connectivity index (χ0n) is 12.8. The van der Waals surface area contributed by atoms with Crippen molar-refractivity contribution in [3.63, 3.8) is 0 Å². The Hall–Kier alpha value is -1.93. The molecule has 3 heterocycles. The Bertz CT molecular complexity index is 676. The number of thiazole rings is 1. The Kier molecular flexibility index (Phi) is 5.24. The van der Waals surface area contributed by atoms with Crippen molar-refractivity contribution < 1.29 is 9.53 Å². The molecule has 0 radical (unpaired) electrons. The molecule has 0 spiro atoms. The van der Waals surface area contributed by atoms with Crippen molar-refractivity contribution in [2.45, 2.75) is 19.3 Å². The van der Waals surface area contributed by atoms with Crippen LogP contribution in [0.1, 0.15) is 24.1 Å². The lowest BCUT2D eigenvalue weighted by atomic mass is 10.1. The molecular weight excluding hydrogens is 332 g/mol. The summed E-state index contributed by atoms with van der Waals surface area (Å²) in [4.78, 5) is 20.3. The summed E-state index contributed by atoms with van der Waals surface area (Å²) in [6.07, 6.45) is 4.76. The summed E-state index contributed by atoms with van der Waals surface area (Å²) in [6, 6.07) is 4.05. The van der Waals surface area contributed by atoms with E-state index in [2.05, 4.69) is 20.2 Å². The van der Waals surface area contributed by atoms with Gasteiger partial charge in [0.2, 0.25) is 0 Å². The fourth-order valence-corrected chi connectivity index (χ4v) is 4.20. The Balaban J connectivity index is 1.86. The Morgan fingerprint density at radius 2 is 2.26 bits per heavy atom. The standard InChI is InChI=1S/C15H18N4O2S2/c1-21-15(20)18-16-10-12-13(11-6-5-9-22-11)17-14(23-12)19-7-3-2-4-8-19/h5-6,9-10H,2-4,7-8H2,1H3,(H,18,20)/b16-10+. The Labute approximate surface area is 142 Å². The summed E-state index contributed by atoms with van der Waals surface area (Å²) < 4.78 is 4.51. The summed E-state index contributed by atoms with van der Waals surface area (Å²) in [6.45, 7) is 2.10. The predicted molar refractivity (Wildman–Crippen MR) is 94.6 cm³/mol. The quantitative estimate of drug-likeness (QED) is 0.676. The van der Waals surface area contributed by atoms with Crippen molar-refractivity contribution >= 4 is 40.1 Å². The van der Waals surface area contributed by atoms with Crippen molar-refractivity contribution in [3.05, 3.63) is 22.4 Å². The van der Waals surface area contributed by atoms with Gasteiger partial charge < -0.3 is 9.64 Å². The van der Waals surface area contributed by atoms with Gasteiger partial charge in [0.05, 0.1) is 23.1 Å². The molecule has 8 heteroatoms. The van der Waals surface area contributed by atoms with E-state index in [9.17, 15) is 4.79 Å². The molecule has 6 nitrogen and oxygen atoms in total. The smallest absolute Gasteiger partial charge is 0.427 e.